The SMILES string of the molecule is Cc1cc2c(cc1CN(C)C)N(CCCc1ccc(Cl)cc1)C1=NCNC(=O)C1=N2. The summed E-state index contributed by atoms with van der Waals surface area (Å²) in [5.74, 6) is 0.505. The molecule has 2 aliphatic heterocycles. The number of benzene rings is 2. The lowest BCUT2D eigenvalue weighted by molar-refractivity contribution is -0.114. The summed E-state index contributed by atoms with van der Waals surface area (Å²) in [4.78, 5) is 26.0. The summed E-state index contributed by atoms with van der Waals surface area (Å²) in [7, 11) is 4.13. The Balaban J connectivity index is 1.65. The maximum atomic E-state index is 12.4. The zero-order valence-electron chi connectivity index (χ0n) is 17.6. The fraction of sp³-hybridized carbons (Fsp3) is 0.348. The molecule has 2 heterocycles. The highest BCUT2D eigenvalue weighted by atomic mass is 35.5. The normalized spacial score (nSPS) is 15.4. The number of carbonyl (C=O) groups is 1. The molecule has 0 unspecified atom stereocenters. The van der Waals surface area contributed by atoms with Crippen LogP contribution in [0.2, 0.25) is 5.02 Å². The predicted molar refractivity (Wildman–Crippen MR) is 123 cm³/mol. The van der Waals surface area contributed by atoms with Crippen molar-refractivity contribution in [3.63, 3.8) is 0 Å². The minimum atomic E-state index is -0.164. The molecule has 0 bridgehead atoms. The molecule has 1 amide bonds. The van der Waals surface area contributed by atoms with Gasteiger partial charge in [0.05, 0.1) is 11.4 Å². The standard InChI is InChI=1S/C23H26ClN5O/c1-15-11-19-20(12-17(15)13-28(2)3)29(22-21(27-19)23(30)26-14-25-22)10-4-5-16-6-8-18(24)9-7-16/h6-9,11-12H,4-5,10,13-14H2,1-3H3,(H,26,30). The van der Waals surface area contributed by atoms with Crippen molar-refractivity contribution in [2.24, 2.45) is 9.98 Å². The molecule has 0 radical (unpaired) electrons. The first-order chi connectivity index (χ1) is 14.4. The number of amidine groups is 1. The van der Waals surface area contributed by atoms with Crippen molar-refractivity contribution >= 4 is 40.4 Å². The van der Waals surface area contributed by atoms with Crippen molar-refractivity contribution in [2.45, 2.75) is 26.3 Å². The third kappa shape index (κ3) is 4.25. The van der Waals surface area contributed by atoms with Gasteiger partial charge in [0.2, 0.25) is 0 Å². The van der Waals surface area contributed by atoms with Gasteiger partial charge in [-0.05, 0) is 74.8 Å². The predicted octanol–water partition coefficient (Wildman–Crippen LogP) is 3.72. The molecule has 0 saturated heterocycles. The van der Waals surface area contributed by atoms with E-state index in [1.54, 1.807) is 0 Å². The monoisotopic (exact) mass is 423 g/mol. The highest BCUT2D eigenvalue weighted by molar-refractivity contribution is 6.70. The molecule has 2 aromatic rings. The number of nitrogens with one attached hydrogen (secondary N) is 1. The quantitative estimate of drug-likeness (QED) is 0.770. The number of hydrogen-bond acceptors (Lipinski definition) is 5. The summed E-state index contributed by atoms with van der Waals surface area (Å²) in [6.45, 7) is 3.98. The third-order valence-electron chi connectivity index (χ3n) is 5.35. The van der Waals surface area contributed by atoms with Gasteiger partial charge in [-0.3, -0.25) is 4.79 Å². The molecule has 0 spiro atoms. The smallest absolute Gasteiger partial charge is 0.275 e. The Bertz CT molecular complexity index is 1030. The lowest BCUT2D eigenvalue weighted by Gasteiger charge is -2.34. The summed E-state index contributed by atoms with van der Waals surface area (Å²) in [6, 6.07) is 12.2. The van der Waals surface area contributed by atoms with Crippen LogP contribution in [0.25, 0.3) is 0 Å². The maximum absolute atomic E-state index is 12.4. The van der Waals surface area contributed by atoms with Gasteiger partial charge in [0.1, 0.15) is 6.67 Å². The average molecular weight is 424 g/mol. The minimum Gasteiger partial charge on any atom is -0.331 e. The van der Waals surface area contributed by atoms with Crippen LogP contribution in [0.15, 0.2) is 46.4 Å². The number of rotatable bonds is 6. The summed E-state index contributed by atoms with van der Waals surface area (Å²) < 4.78 is 0. The Morgan fingerprint density at radius 2 is 1.97 bits per heavy atom. The van der Waals surface area contributed by atoms with Crippen LogP contribution < -0.4 is 10.2 Å². The Hall–Kier alpha value is -2.70. The first kappa shape index (κ1) is 20.6. The molecule has 0 aromatic heterocycles. The van der Waals surface area contributed by atoms with Gasteiger partial charge < -0.3 is 15.1 Å². The minimum absolute atomic E-state index is 0.164. The van der Waals surface area contributed by atoms with E-state index in [1.165, 1.54) is 16.7 Å². The Morgan fingerprint density at radius 1 is 1.20 bits per heavy atom. The average Bonchev–Trinajstić information content (AvgIpc) is 2.70. The molecule has 7 heteroatoms. The fourth-order valence-electron chi connectivity index (χ4n) is 3.85. The lowest BCUT2D eigenvalue weighted by atomic mass is 10.0. The molecule has 0 saturated carbocycles. The van der Waals surface area contributed by atoms with E-state index >= 15 is 0 Å². The van der Waals surface area contributed by atoms with Crippen molar-refractivity contribution < 1.29 is 4.79 Å². The van der Waals surface area contributed by atoms with Crippen LogP contribution in [0.4, 0.5) is 11.4 Å². The highest BCUT2D eigenvalue weighted by Crippen LogP contribution is 2.36. The summed E-state index contributed by atoms with van der Waals surface area (Å²) in [5, 5.41) is 3.52. The molecule has 0 fully saturated rings. The summed E-state index contributed by atoms with van der Waals surface area (Å²) >= 11 is 6.00. The van der Waals surface area contributed by atoms with Gasteiger partial charge in [-0.25, -0.2) is 9.98 Å². The highest BCUT2D eigenvalue weighted by Gasteiger charge is 2.33. The van der Waals surface area contributed by atoms with Gasteiger partial charge in [-0.1, -0.05) is 23.7 Å². The van der Waals surface area contributed by atoms with Crippen molar-refractivity contribution in [2.75, 3.05) is 32.2 Å². The first-order valence-electron chi connectivity index (χ1n) is 10.1. The molecule has 0 atom stereocenters. The summed E-state index contributed by atoms with van der Waals surface area (Å²) in [6.07, 6.45) is 1.84. The number of aryl methyl sites for hydroxylation is 2. The van der Waals surface area contributed by atoms with Gasteiger partial charge in [0.15, 0.2) is 11.5 Å². The second kappa shape index (κ2) is 8.58. The van der Waals surface area contributed by atoms with Crippen LogP contribution in [-0.2, 0) is 17.8 Å². The van der Waals surface area contributed by atoms with E-state index in [2.05, 4.69) is 70.4 Å². The number of aliphatic imine (C=N–C) groups is 2. The van der Waals surface area contributed by atoms with Crippen LogP contribution in [0.3, 0.4) is 0 Å². The Kier molecular flexibility index (Phi) is 5.88. The van der Waals surface area contributed by atoms with Crippen LogP contribution in [0, 0.1) is 6.92 Å². The molecular weight excluding hydrogens is 398 g/mol. The molecule has 6 nitrogen and oxygen atoms in total. The topological polar surface area (TPSA) is 60.3 Å². The van der Waals surface area contributed by atoms with Crippen LogP contribution in [0.5, 0.6) is 0 Å². The Morgan fingerprint density at radius 3 is 2.70 bits per heavy atom. The zero-order chi connectivity index (χ0) is 21.3. The number of halogens is 1. The largest absolute Gasteiger partial charge is 0.331 e. The molecule has 2 aromatic carbocycles. The van der Waals surface area contributed by atoms with E-state index in [0.29, 0.717) is 11.5 Å². The molecule has 4 rings (SSSR count). The number of fused-ring (bicyclic) bond motifs is 2. The number of nitrogens with zero attached hydrogens (tertiary/aromatic N) is 4. The molecule has 156 valence electrons. The summed E-state index contributed by atoms with van der Waals surface area (Å²) in [5.41, 5.74) is 5.91. The van der Waals surface area contributed by atoms with Crippen molar-refractivity contribution in [1.82, 2.24) is 10.2 Å². The van der Waals surface area contributed by atoms with E-state index in [4.69, 9.17) is 11.6 Å². The van der Waals surface area contributed by atoms with Gasteiger partial charge in [0, 0.05) is 18.1 Å². The second-order valence-corrected chi connectivity index (χ2v) is 8.43. The first-order valence-corrected chi connectivity index (χ1v) is 10.5. The van der Waals surface area contributed by atoms with Gasteiger partial charge in [0.25, 0.3) is 5.91 Å². The number of hydrogen-bond donors (Lipinski definition) is 1. The van der Waals surface area contributed by atoms with Crippen molar-refractivity contribution in [3.05, 3.63) is 58.1 Å². The molecule has 1 N–H and O–H groups in total. The van der Waals surface area contributed by atoms with Crippen LogP contribution in [-0.4, -0.2) is 49.7 Å². The van der Waals surface area contributed by atoms with E-state index in [-0.39, 0.29) is 12.6 Å². The van der Waals surface area contributed by atoms with E-state index in [9.17, 15) is 4.79 Å². The van der Waals surface area contributed by atoms with Gasteiger partial charge >= 0.3 is 0 Å². The Labute approximate surface area is 182 Å². The van der Waals surface area contributed by atoms with Crippen LogP contribution >= 0.6 is 11.6 Å². The maximum Gasteiger partial charge on any atom is 0.275 e. The van der Waals surface area contributed by atoms with Gasteiger partial charge in [-0.2, -0.15) is 0 Å². The number of anilines is 1. The van der Waals surface area contributed by atoms with E-state index < -0.39 is 0 Å². The molecular formula is C23H26ClN5O. The van der Waals surface area contributed by atoms with Crippen molar-refractivity contribution in [3.8, 4) is 0 Å². The number of carbonyl (C=O) groups excluding carboxylic acids is 1. The van der Waals surface area contributed by atoms with Crippen LogP contribution in [0.1, 0.15) is 23.1 Å². The fourth-order valence-corrected chi connectivity index (χ4v) is 3.98. The van der Waals surface area contributed by atoms with E-state index in [1.807, 2.05) is 12.1 Å². The van der Waals surface area contributed by atoms with Crippen molar-refractivity contribution in [1.29, 1.82) is 0 Å². The molecule has 0 aliphatic carbocycles. The third-order valence-corrected chi connectivity index (χ3v) is 5.61. The van der Waals surface area contributed by atoms with Gasteiger partial charge in [-0.15, -0.1) is 0 Å². The van der Waals surface area contributed by atoms with E-state index in [0.717, 1.165) is 42.3 Å². The second-order valence-electron chi connectivity index (χ2n) is 7.99. The molecule has 2 aliphatic rings. The lowest BCUT2D eigenvalue weighted by Crippen LogP contribution is -2.50. The molecule has 30 heavy (non-hydrogen) atoms. The number of amides is 1. The zero-order valence-corrected chi connectivity index (χ0v) is 18.3.